The number of benzene rings is 2. The molecule has 1 N–H and O–H groups in total. The normalized spacial score (nSPS) is 21.8. The molecule has 35 heavy (non-hydrogen) atoms. The van der Waals surface area contributed by atoms with Crippen LogP contribution in [0.5, 0.6) is 0 Å². The Labute approximate surface area is 205 Å². The average Bonchev–Trinajstić information content (AvgIpc) is 3.09. The number of amides is 2. The minimum absolute atomic E-state index is 0.0384. The molecule has 0 spiro atoms. The van der Waals surface area contributed by atoms with Gasteiger partial charge in [0, 0.05) is 29.9 Å². The molecule has 0 unspecified atom stereocenters. The Morgan fingerprint density at radius 3 is 2.54 bits per heavy atom. The van der Waals surface area contributed by atoms with Gasteiger partial charge < -0.3 is 10.2 Å². The fraction of sp³-hybridized carbons (Fsp3) is 0.414. The lowest BCUT2D eigenvalue weighted by molar-refractivity contribution is -0.145. The number of piperidine rings is 1. The lowest BCUT2D eigenvalue weighted by Gasteiger charge is -2.43. The summed E-state index contributed by atoms with van der Waals surface area (Å²) in [7, 11) is 0. The lowest BCUT2D eigenvalue weighted by atomic mass is 9.84. The molecule has 5 rings (SSSR count). The van der Waals surface area contributed by atoms with Gasteiger partial charge in [-0.1, -0.05) is 36.4 Å². The maximum absolute atomic E-state index is 14.0. The van der Waals surface area contributed by atoms with Crippen molar-refractivity contribution in [3.8, 4) is 0 Å². The first-order valence-corrected chi connectivity index (χ1v) is 12.5. The highest BCUT2D eigenvalue weighted by atomic mass is 19.1. The van der Waals surface area contributed by atoms with Gasteiger partial charge in [-0.15, -0.1) is 0 Å². The monoisotopic (exact) mass is 473 g/mol. The SMILES string of the molecule is CC(C)(NC(=O)Cc1ccccc1F)C(=O)N1[C@H]2CC[C@H]1CC(Cc1ccc3cnccc3c1)C2. The van der Waals surface area contributed by atoms with Crippen molar-refractivity contribution >= 4 is 22.6 Å². The average molecular weight is 474 g/mol. The maximum Gasteiger partial charge on any atom is 0.248 e. The number of aromatic nitrogens is 1. The summed E-state index contributed by atoms with van der Waals surface area (Å²) < 4.78 is 14.0. The molecular formula is C29H32FN3O2. The number of pyridine rings is 1. The molecule has 2 saturated heterocycles. The fourth-order valence-corrected chi connectivity index (χ4v) is 5.96. The number of carbonyl (C=O) groups is 2. The first-order valence-electron chi connectivity index (χ1n) is 12.5. The van der Waals surface area contributed by atoms with Crippen molar-refractivity contribution in [1.29, 1.82) is 0 Å². The van der Waals surface area contributed by atoms with Crippen molar-refractivity contribution in [3.63, 3.8) is 0 Å². The van der Waals surface area contributed by atoms with Crippen LogP contribution in [0.2, 0.25) is 0 Å². The number of nitrogens with one attached hydrogen (secondary N) is 1. The van der Waals surface area contributed by atoms with E-state index in [-0.39, 0.29) is 30.3 Å². The molecule has 2 aromatic carbocycles. The topological polar surface area (TPSA) is 62.3 Å². The molecular weight excluding hydrogens is 441 g/mol. The van der Waals surface area contributed by atoms with E-state index in [0.717, 1.165) is 37.5 Å². The van der Waals surface area contributed by atoms with Gasteiger partial charge in [0.05, 0.1) is 6.42 Å². The van der Waals surface area contributed by atoms with Gasteiger partial charge >= 0.3 is 0 Å². The van der Waals surface area contributed by atoms with Crippen molar-refractivity contribution in [2.24, 2.45) is 5.92 Å². The second-order valence-corrected chi connectivity index (χ2v) is 10.6. The molecule has 2 aliphatic rings. The summed E-state index contributed by atoms with van der Waals surface area (Å²) in [4.78, 5) is 32.4. The van der Waals surface area contributed by atoms with Gasteiger partial charge in [-0.25, -0.2) is 4.39 Å². The van der Waals surface area contributed by atoms with Crippen molar-refractivity contribution in [2.75, 3.05) is 0 Å². The molecule has 5 nitrogen and oxygen atoms in total. The summed E-state index contributed by atoms with van der Waals surface area (Å²) in [6.07, 6.45) is 8.63. The highest BCUT2D eigenvalue weighted by molar-refractivity contribution is 5.92. The highest BCUT2D eigenvalue weighted by Crippen LogP contribution is 2.41. The van der Waals surface area contributed by atoms with Crippen molar-refractivity contribution in [1.82, 2.24) is 15.2 Å². The molecule has 2 amide bonds. The Balaban J connectivity index is 1.22. The molecule has 0 saturated carbocycles. The van der Waals surface area contributed by atoms with Gasteiger partial charge in [-0.2, -0.15) is 0 Å². The number of hydrogen-bond donors (Lipinski definition) is 1. The van der Waals surface area contributed by atoms with E-state index >= 15 is 0 Å². The van der Waals surface area contributed by atoms with E-state index in [1.807, 2.05) is 23.4 Å². The number of fused-ring (bicyclic) bond motifs is 3. The van der Waals surface area contributed by atoms with Crippen LogP contribution >= 0.6 is 0 Å². The van der Waals surface area contributed by atoms with Gasteiger partial charge in [-0.05, 0) is 80.5 Å². The van der Waals surface area contributed by atoms with Gasteiger partial charge in [0.1, 0.15) is 11.4 Å². The number of rotatable bonds is 6. The molecule has 0 radical (unpaired) electrons. The molecule has 182 valence electrons. The van der Waals surface area contributed by atoms with E-state index < -0.39 is 11.4 Å². The zero-order chi connectivity index (χ0) is 24.6. The van der Waals surface area contributed by atoms with Crippen LogP contribution in [0.4, 0.5) is 4.39 Å². The van der Waals surface area contributed by atoms with Crippen LogP contribution in [-0.2, 0) is 22.4 Å². The summed E-state index contributed by atoms with van der Waals surface area (Å²) >= 11 is 0. The summed E-state index contributed by atoms with van der Waals surface area (Å²) in [5.41, 5.74) is 0.621. The quantitative estimate of drug-likeness (QED) is 0.558. The van der Waals surface area contributed by atoms with Gasteiger partial charge in [-0.3, -0.25) is 14.6 Å². The molecule has 0 aliphatic carbocycles. The second-order valence-electron chi connectivity index (χ2n) is 10.6. The van der Waals surface area contributed by atoms with E-state index in [2.05, 4.69) is 28.5 Å². The van der Waals surface area contributed by atoms with Crippen LogP contribution in [0.25, 0.3) is 10.8 Å². The second kappa shape index (κ2) is 9.40. The minimum atomic E-state index is -1.04. The summed E-state index contributed by atoms with van der Waals surface area (Å²) in [5, 5.41) is 5.22. The minimum Gasteiger partial charge on any atom is -0.342 e. The standard InChI is InChI=1S/C29H32FN3O2/c1-29(2,32-27(34)17-22-5-3-4-6-26(22)30)28(35)33-24-9-10-25(33)16-20(15-24)13-19-7-8-23-18-31-12-11-21(23)14-19/h3-8,11-12,14,18,20,24-25H,9-10,13,15-17H2,1-2H3,(H,32,34)/t24-,25-/m0/s1. The van der Waals surface area contributed by atoms with E-state index in [0.29, 0.717) is 11.5 Å². The highest BCUT2D eigenvalue weighted by Gasteiger charge is 2.47. The van der Waals surface area contributed by atoms with Gasteiger partial charge in [0.2, 0.25) is 11.8 Å². The largest absolute Gasteiger partial charge is 0.342 e. The Bertz CT molecular complexity index is 1240. The van der Waals surface area contributed by atoms with E-state index in [1.54, 1.807) is 32.0 Å². The fourth-order valence-electron chi connectivity index (χ4n) is 5.96. The Morgan fingerprint density at radius 2 is 1.80 bits per heavy atom. The predicted octanol–water partition coefficient (Wildman–Crippen LogP) is 4.82. The maximum atomic E-state index is 14.0. The lowest BCUT2D eigenvalue weighted by Crippen LogP contribution is -2.60. The van der Waals surface area contributed by atoms with Crippen LogP contribution in [-0.4, -0.2) is 39.3 Å². The van der Waals surface area contributed by atoms with E-state index in [9.17, 15) is 14.0 Å². The summed E-state index contributed by atoms with van der Waals surface area (Å²) in [6.45, 7) is 3.51. The molecule has 6 heteroatoms. The van der Waals surface area contributed by atoms with Crippen molar-refractivity contribution in [3.05, 3.63) is 77.9 Å². The van der Waals surface area contributed by atoms with Crippen LogP contribution in [0, 0.1) is 11.7 Å². The molecule has 2 fully saturated rings. The smallest absolute Gasteiger partial charge is 0.248 e. The molecule has 2 bridgehead atoms. The van der Waals surface area contributed by atoms with Crippen molar-refractivity contribution in [2.45, 2.75) is 70.0 Å². The number of nitrogens with zero attached hydrogens (tertiary/aromatic N) is 2. The van der Waals surface area contributed by atoms with Crippen LogP contribution in [0.15, 0.2) is 60.9 Å². The molecule has 3 heterocycles. The Kier molecular flexibility index (Phi) is 6.30. The van der Waals surface area contributed by atoms with E-state index in [4.69, 9.17) is 0 Å². The third-order valence-corrected chi connectivity index (χ3v) is 7.59. The summed E-state index contributed by atoms with van der Waals surface area (Å²) in [6, 6.07) is 15.3. The molecule has 2 atom stereocenters. The Morgan fingerprint density at radius 1 is 1.06 bits per heavy atom. The van der Waals surface area contributed by atoms with Crippen LogP contribution < -0.4 is 5.32 Å². The number of hydrogen-bond acceptors (Lipinski definition) is 3. The van der Waals surface area contributed by atoms with Gasteiger partial charge in [0.15, 0.2) is 0 Å². The zero-order valence-electron chi connectivity index (χ0n) is 20.3. The third kappa shape index (κ3) is 4.93. The van der Waals surface area contributed by atoms with Gasteiger partial charge in [0.25, 0.3) is 0 Å². The Hall–Kier alpha value is -3.28. The number of halogens is 1. The predicted molar refractivity (Wildman–Crippen MR) is 134 cm³/mol. The molecule has 2 aliphatic heterocycles. The summed E-state index contributed by atoms with van der Waals surface area (Å²) in [5.74, 6) is -0.254. The molecule has 1 aromatic heterocycles. The molecule has 3 aromatic rings. The van der Waals surface area contributed by atoms with E-state index in [1.165, 1.54) is 17.0 Å². The zero-order valence-corrected chi connectivity index (χ0v) is 20.3. The van der Waals surface area contributed by atoms with Crippen LogP contribution in [0.1, 0.15) is 50.7 Å². The van der Waals surface area contributed by atoms with Crippen LogP contribution in [0.3, 0.4) is 0 Å². The number of carbonyl (C=O) groups excluding carboxylic acids is 2. The first kappa shape index (κ1) is 23.5. The van der Waals surface area contributed by atoms with Crippen molar-refractivity contribution < 1.29 is 14.0 Å². The first-order chi connectivity index (χ1) is 16.8. The third-order valence-electron chi connectivity index (χ3n) is 7.59.